The van der Waals surface area contributed by atoms with E-state index in [0.29, 0.717) is 23.5 Å². The highest BCUT2D eigenvalue weighted by molar-refractivity contribution is 6.35. The molecule has 0 saturated heterocycles. The lowest BCUT2D eigenvalue weighted by molar-refractivity contribution is -0.139. The van der Waals surface area contributed by atoms with Crippen molar-refractivity contribution in [2.45, 2.75) is 13.0 Å². The Morgan fingerprint density at radius 3 is 2.60 bits per heavy atom. The quantitative estimate of drug-likeness (QED) is 0.807. The maximum absolute atomic E-state index is 13.5. The third-order valence-corrected chi connectivity index (χ3v) is 3.73. The number of benzene rings is 2. The first-order valence-corrected chi connectivity index (χ1v) is 7.81. The molecule has 0 spiro atoms. The van der Waals surface area contributed by atoms with Gasteiger partial charge in [0, 0.05) is 13.1 Å². The molecule has 2 aromatic carbocycles. The molecule has 3 rings (SSSR count). The van der Waals surface area contributed by atoms with Crippen molar-refractivity contribution in [3.05, 3.63) is 59.4 Å². The highest BCUT2D eigenvalue weighted by Gasteiger charge is 2.15. The Kier molecular flexibility index (Phi) is 5.13. The first-order chi connectivity index (χ1) is 12.1. The molecule has 0 aliphatic carbocycles. The maximum atomic E-state index is 13.5. The molecule has 2 amide bonds. The van der Waals surface area contributed by atoms with Gasteiger partial charge in [-0.25, -0.2) is 4.39 Å². The van der Waals surface area contributed by atoms with Crippen LogP contribution in [0.15, 0.2) is 42.5 Å². The van der Waals surface area contributed by atoms with Crippen LogP contribution in [-0.4, -0.2) is 25.2 Å². The standard InChI is InChI=1S/C18H17FN2O4/c19-14-4-2-1-3-13(14)7-8-20-17(22)18(23)21-10-12-5-6-15-16(9-12)25-11-24-15/h1-6,9H,7-8,10-11H2,(H,20,22)(H,21,23). The van der Waals surface area contributed by atoms with E-state index in [-0.39, 0.29) is 25.7 Å². The summed E-state index contributed by atoms with van der Waals surface area (Å²) in [4.78, 5) is 23.6. The van der Waals surface area contributed by atoms with Crippen molar-refractivity contribution in [1.29, 1.82) is 0 Å². The van der Waals surface area contributed by atoms with Gasteiger partial charge in [-0.3, -0.25) is 9.59 Å². The van der Waals surface area contributed by atoms with Crippen LogP contribution in [0.2, 0.25) is 0 Å². The number of carbonyl (C=O) groups excluding carboxylic acids is 2. The fraction of sp³-hybridized carbons (Fsp3) is 0.222. The highest BCUT2D eigenvalue weighted by Crippen LogP contribution is 2.32. The zero-order valence-corrected chi connectivity index (χ0v) is 13.4. The average molecular weight is 344 g/mol. The molecule has 2 aromatic rings. The van der Waals surface area contributed by atoms with E-state index >= 15 is 0 Å². The Morgan fingerprint density at radius 1 is 1.00 bits per heavy atom. The van der Waals surface area contributed by atoms with Crippen molar-refractivity contribution >= 4 is 11.8 Å². The molecule has 0 aromatic heterocycles. The van der Waals surface area contributed by atoms with Gasteiger partial charge in [0.05, 0.1) is 0 Å². The van der Waals surface area contributed by atoms with Crippen molar-refractivity contribution in [3.8, 4) is 11.5 Å². The zero-order valence-electron chi connectivity index (χ0n) is 13.4. The molecule has 2 N–H and O–H groups in total. The van der Waals surface area contributed by atoms with Gasteiger partial charge in [0.2, 0.25) is 6.79 Å². The second-order valence-corrected chi connectivity index (χ2v) is 5.47. The summed E-state index contributed by atoms with van der Waals surface area (Å²) in [6, 6.07) is 11.6. The second kappa shape index (κ2) is 7.65. The molecular weight excluding hydrogens is 327 g/mol. The number of hydrogen-bond acceptors (Lipinski definition) is 4. The van der Waals surface area contributed by atoms with E-state index in [0.717, 1.165) is 5.56 Å². The number of fused-ring (bicyclic) bond motifs is 1. The van der Waals surface area contributed by atoms with E-state index in [1.807, 2.05) is 0 Å². The van der Waals surface area contributed by atoms with Crippen LogP contribution in [-0.2, 0) is 22.6 Å². The van der Waals surface area contributed by atoms with E-state index < -0.39 is 11.8 Å². The number of hydrogen-bond donors (Lipinski definition) is 2. The molecule has 130 valence electrons. The monoisotopic (exact) mass is 344 g/mol. The molecule has 6 nitrogen and oxygen atoms in total. The first kappa shape index (κ1) is 16.8. The predicted molar refractivity (Wildman–Crippen MR) is 87.5 cm³/mol. The molecule has 0 bridgehead atoms. The van der Waals surface area contributed by atoms with Gasteiger partial charge in [-0.15, -0.1) is 0 Å². The van der Waals surface area contributed by atoms with E-state index in [1.165, 1.54) is 6.07 Å². The van der Waals surface area contributed by atoms with Gasteiger partial charge in [-0.05, 0) is 35.7 Å². The van der Waals surface area contributed by atoms with E-state index in [1.54, 1.807) is 36.4 Å². The second-order valence-electron chi connectivity index (χ2n) is 5.47. The summed E-state index contributed by atoms with van der Waals surface area (Å²) >= 11 is 0. The van der Waals surface area contributed by atoms with Crippen molar-refractivity contribution in [2.75, 3.05) is 13.3 Å². The summed E-state index contributed by atoms with van der Waals surface area (Å²) in [6.45, 7) is 0.545. The minimum absolute atomic E-state index is 0.176. The molecule has 0 fully saturated rings. The van der Waals surface area contributed by atoms with Gasteiger partial charge in [0.1, 0.15) is 5.82 Å². The minimum Gasteiger partial charge on any atom is -0.454 e. The van der Waals surface area contributed by atoms with Crippen LogP contribution in [0.1, 0.15) is 11.1 Å². The number of ether oxygens (including phenoxy) is 2. The molecule has 1 aliphatic heterocycles. The largest absolute Gasteiger partial charge is 0.454 e. The lowest BCUT2D eigenvalue weighted by Gasteiger charge is -2.08. The predicted octanol–water partition coefficient (Wildman–Crippen LogP) is 1.53. The third-order valence-electron chi connectivity index (χ3n) is 3.73. The Labute approximate surface area is 143 Å². The van der Waals surface area contributed by atoms with Gasteiger partial charge in [-0.1, -0.05) is 24.3 Å². The molecule has 0 radical (unpaired) electrons. The molecule has 0 atom stereocenters. The van der Waals surface area contributed by atoms with E-state index in [4.69, 9.17) is 9.47 Å². The lowest BCUT2D eigenvalue weighted by atomic mass is 10.1. The van der Waals surface area contributed by atoms with Gasteiger partial charge in [0.25, 0.3) is 0 Å². The van der Waals surface area contributed by atoms with Crippen molar-refractivity contribution < 1.29 is 23.5 Å². The Morgan fingerprint density at radius 2 is 1.76 bits per heavy atom. The summed E-state index contributed by atoms with van der Waals surface area (Å²) in [5.74, 6) is -0.561. The molecule has 1 aliphatic rings. The number of halogens is 1. The number of amides is 2. The van der Waals surface area contributed by atoms with Gasteiger partial charge >= 0.3 is 11.8 Å². The molecule has 0 unspecified atom stereocenters. The SMILES string of the molecule is O=C(NCCc1ccccc1F)C(=O)NCc1ccc2c(c1)OCO2. The molecule has 1 heterocycles. The number of carbonyl (C=O) groups is 2. The van der Waals surface area contributed by atoms with E-state index in [2.05, 4.69) is 10.6 Å². The van der Waals surface area contributed by atoms with Crippen LogP contribution in [0.4, 0.5) is 4.39 Å². The van der Waals surface area contributed by atoms with Crippen LogP contribution in [0.25, 0.3) is 0 Å². The van der Waals surface area contributed by atoms with Crippen LogP contribution in [0.5, 0.6) is 11.5 Å². The number of nitrogens with one attached hydrogen (secondary N) is 2. The van der Waals surface area contributed by atoms with Crippen molar-refractivity contribution in [2.24, 2.45) is 0 Å². The third kappa shape index (κ3) is 4.26. The lowest BCUT2D eigenvalue weighted by Crippen LogP contribution is -2.40. The van der Waals surface area contributed by atoms with Gasteiger partial charge in [-0.2, -0.15) is 0 Å². The summed E-state index contributed by atoms with van der Waals surface area (Å²) in [5, 5.41) is 5.00. The fourth-order valence-corrected chi connectivity index (χ4v) is 2.41. The van der Waals surface area contributed by atoms with Crippen molar-refractivity contribution in [1.82, 2.24) is 10.6 Å². The fourth-order valence-electron chi connectivity index (χ4n) is 2.41. The van der Waals surface area contributed by atoms with Crippen molar-refractivity contribution in [3.63, 3.8) is 0 Å². The average Bonchev–Trinajstić information content (AvgIpc) is 3.09. The highest BCUT2D eigenvalue weighted by atomic mass is 19.1. The van der Waals surface area contributed by atoms with Gasteiger partial charge in [0.15, 0.2) is 11.5 Å². The summed E-state index contributed by atoms with van der Waals surface area (Å²) in [5.41, 5.74) is 1.28. The molecule has 25 heavy (non-hydrogen) atoms. The summed E-state index contributed by atoms with van der Waals surface area (Å²) < 4.78 is 23.9. The first-order valence-electron chi connectivity index (χ1n) is 7.81. The molecular formula is C18H17FN2O4. The smallest absolute Gasteiger partial charge is 0.309 e. The van der Waals surface area contributed by atoms with Gasteiger partial charge < -0.3 is 20.1 Å². The minimum atomic E-state index is -0.753. The topological polar surface area (TPSA) is 76.7 Å². The zero-order chi connectivity index (χ0) is 17.6. The normalized spacial score (nSPS) is 11.9. The Balaban J connectivity index is 1.43. The van der Waals surface area contributed by atoms with Crippen LogP contribution in [0.3, 0.4) is 0 Å². The van der Waals surface area contributed by atoms with Crippen LogP contribution in [0, 0.1) is 5.82 Å². The molecule has 7 heteroatoms. The summed E-state index contributed by atoms with van der Waals surface area (Å²) in [6.07, 6.45) is 0.313. The number of rotatable bonds is 5. The van der Waals surface area contributed by atoms with Crippen LogP contribution >= 0.6 is 0 Å². The summed E-state index contributed by atoms with van der Waals surface area (Å²) in [7, 11) is 0. The van der Waals surface area contributed by atoms with E-state index in [9.17, 15) is 14.0 Å². The van der Waals surface area contributed by atoms with Crippen LogP contribution < -0.4 is 20.1 Å². The Hall–Kier alpha value is -3.09. The Bertz CT molecular complexity index is 794. The molecule has 0 saturated carbocycles. The maximum Gasteiger partial charge on any atom is 0.309 e.